The van der Waals surface area contributed by atoms with Crippen LogP contribution in [0, 0.1) is 0 Å². The molecule has 0 aliphatic carbocycles. The Labute approximate surface area is 102 Å². The summed E-state index contributed by atoms with van der Waals surface area (Å²) < 4.78 is 5.07. The van der Waals surface area contributed by atoms with Gasteiger partial charge in [0.05, 0.1) is 6.61 Å². The van der Waals surface area contributed by atoms with Gasteiger partial charge in [-0.1, -0.05) is 18.2 Å². The van der Waals surface area contributed by atoms with E-state index in [1.165, 1.54) is 0 Å². The minimum Gasteiger partial charge on any atom is -0.384 e. The first kappa shape index (κ1) is 13.5. The molecule has 0 fully saturated rings. The zero-order valence-corrected chi connectivity index (χ0v) is 10.6. The number of rotatable bonds is 6. The second kappa shape index (κ2) is 6.91. The maximum Gasteiger partial charge on any atom is 0.241 e. The van der Waals surface area contributed by atoms with Crippen molar-refractivity contribution in [2.24, 2.45) is 0 Å². The third-order valence-corrected chi connectivity index (χ3v) is 2.60. The molecule has 0 radical (unpaired) electrons. The number of benzene rings is 1. The van der Waals surface area contributed by atoms with Gasteiger partial charge in [-0.3, -0.25) is 4.79 Å². The number of anilines is 1. The summed E-state index contributed by atoms with van der Waals surface area (Å²) in [7, 11) is 3.32. The van der Waals surface area contributed by atoms with Gasteiger partial charge in [-0.2, -0.15) is 0 Å². The maximum atomic E-state index is 11.4. The van der Waals surface area contributed by atoms with Crippen LogP contribution in [0.1, 0.15) is 12.5 Å². The molecule has 0 aromatic heterocycles. The first-order valence-electron chi connectivity index (χ1n) is 5.74. The second-order valence-electron chi connectivity index (χ2n) is 3.88. The highest BCUT2D eigenvalue weighted by molar-refractivity contribution is 5.84. The molecule has 0 saturated carbocycles. The van der Waals surface area contributed by atoms with Gasteiger partial charge in [0, 0.05) is 19.8 Å². The fraction of sp³-hybridized carbons (Fsp3) is 0.462. The Hall–Kier alpha value is -1.55. The molecule has 0 saturated heterocycles. The van der Waals surface area contributed by atoms with Gasteiger partial charge in [-0.25, -0.2) is 0 Å². The zero-order valence-electron chi connectivity index (χ0n) is 10.6. The van der Waals surface area contributed by atoms with Gasteiger partial charge in [0.2, 0.25) is 5.91 Å². The van der Waals surface area contributed by atoms with Crippen LogP contribution in [-0.2, 0) is 16.0 Å². The molecule has 1 aromatic rings. The van der Waals surface area contributed by atoms with Crippen molar-refractivity contribution in [2.45, 2.75) is 19.4 Å². The number of ether oxygens (including phenoxy) is 1. The monoisotopic (exact) mass is 236 g/mol. The predicted molar refractivity (Wildman–Crippen MR) is 69.2 cm³/mol. The zero-order chi connectivity index (χ0) is 12.7. The Kier molecular flexibility index (Phi) is 5.49. The maximum absolute atomic E-state index is 11.4. The van der Waals surface area contributed by atoms with Gasteiger partial charge in [0.1, 0.15) is 6.04 Å². The number of hydrogen-bond donors (Lipinski definition) is 2. The van der Waals surface area contributed by atoms with Gasteiger partial charge >= 0.3 is 0 Å². The molecular formula is C13H20N2O2. The van der Waals surface area contributed by atoms with Crippen molar-refractivity contribution in [3.05, 3.63) is 29.8 Å². The molecule has 0 heterocycles. The summed E-state index contributed by atoms with van der Waals surface area (Å²) in [5.41, 5.74) is 2.14. The molecule has 17 heavy (non-hydrogen) atoms. The van der Waals surface area contributed by atoms with E-state index < -0.39 is 0 Å². The van der Waals surface area contributed by atoms with Crippen LogP contribution in [0.5, 0.6) is 0 Å². The van der Waals surface area contributed by atoms with Crippen LogP contribution in [-0.4, -0.2) is 32.7 Å². The van der Waals surface area contributed by atoms with Crippen LogP contribution < -0.4 is 10.6 Å². The molecule has 4 nitrogen and oxygen atoms in total. The van der Waals surface area contributed by atoms with Gasteiger partial charge < -0.3 is 15.4 Å². The lowest BCUT2D eigenvalue weighted by atomic mass is 10.1. The summed E-state index contributed by atoms with van der Waals surface area (Å²) in [6.45, 7) is 2.51. The van der Waals surface area contributed by atoms with E-state index in [0.29, 0.717) is 6.61 Å². The Morgan fingerprint density at radius 1 is 1.41 bits per heavy atom. The SMILES string of the molecule is CNC(=O)C(C)Nc1ccccc1CCOC. The minimum absolute atomic E-state index is 0.0217. The Morgan fingerprint density at radius 2 is 2.12 bits per heavy atom. The standard InChI is InChI=1S/C13H20N2O2/c1-10(13(16)14-2)15-12-7-5-4-6-11(12)8-9-17-3/h4-7,10,15H,8-9H2,1-3H3,(H,14,16). The van der Waals surface area contributed by atoms with Gasteiger partial charge in [-0.15, -0.1) is 0 Å². The molecule has 2 N–H and O–H groups in total. The van der Waals surface area contributed by atoms with E-state index in [2.05, 4.69) is 10.6 Å². The molecule has 0 aliphatic rings. The molecule has 1 unspecified atom stereocenters. The Bertz CT molecular complexity index is 366. The van der Waals surface area contributed by atoms with Crippen molar-refractivity contribution in [1.82, 2.24) is 5.32 Å². The summed E-state index contributed by atoms with van der Waals surface area (Å²) >= 11 is 0. The van der Waals surface area contributed by atoms with Crippen LogP contribution in [0.2, 0.25) is 0 Å². The molecule has 1 atom stereocenters. The van der Waals surface area contributed by atoms with Gasteiger partial charge in [0.15, 0.2) is 0 Å². The highest BCUT2D eigenvalue weighted by Gasteiger charge is 2.11. The topological polar surface area (TPSA) is 50.4 Å². The predicted octanol–water partition coefficient (Wildman–Crippen LogP) is 1.42. The number of nitrogens with one attached hydrogen (secondary N) is 2. The summed E-state index contributed by atoms with van der Waals surface area (Å²) in [5, 5.41) is 5.82. The van der Waals surface area contributed by atoms with E-state index in [-0.39, 0.29) is 11.9 Å². The largest absolute Gasteiger partial charge is 0.384 e. The lowest BCUT2D eigenvalue weighted by Crippen LogP contribution is -2.35. The van der Waals surface area contributed by atoms with Crippen molar-refractivity contribution in [2.75, 3.05) is 26.1 Å². The first-order chi connectivity index (χ1) is 8.19. The summed E-state index contributed by atoms with van der Waals surface area (Å²) in [5.74, 6) is -0.0217. The summed E-state index contributed by atoms with van der Waals surface area (Å²) in [6.07, 6.45) is 0.833. The minimum atomic E-state index is -0.247. The number of hydrogen-bond acceptors (Lipinski definition) is 3. The number of para-hydroxylation sites is 1. The van der Waals surface area contributed by atoms with Gasteiger partial charge in [0.25, 0.3) is 0 Å². The second-order valence-corrected chi connectivity index (χ2v) is 3.88. The van der Waals surface area contributed by atoms with E-state index in [9.17, 15) is 4.79 Å². The van der Waals surface area contributed by atoms with Crippen molar-refractivity contribution in [3.8, 4) is 0 Å². The molecule has 0 aliphatic heterocycles. The van der Waals surface area contributed by atoms with Crippen molar-refractivity contribution in [1.29, 1.82) is 0 Å². The Morgan fingerprint density at radius 3 is 2.76 bits per heavy atom. The molecular weight excluding hydrogens is 216 g/mol. The van der Waals surface area contributed by atoms with E-state index in [1.807, 2.05) is 31.2 Å². The molecule has 1 aromatic carbocycles. The number of carbonyl (C=O) groups excluding carboxylic acids is 1. The smallest absolute Gasteiger partial charge is 0.241 e. The van der Waals surface area contributed by atoms with Gasteiger partial charge in [-0.05, 0) is 25.0 Å². The summed E-state index contributed by atoms with van der Waals surface area (Å²) in [6, 6.07) is 7.71. The lowest BCUT2D eigenvalue weighted by Gasteiger charge is -2.16. The van der Waals surface area contributed by atoms with E-state index in [4.69, 9.17) is 4.74 Å². The van der Waals surface area contributed by atoms with Crippen LogP contribution in [0.15, 0.2) is 24.3 Å². The highest BCUT2D eigenvalue weighted by Crippen LogP contribution is 2.16. The molecule has 1 rings (SSSR count). The number of amides is 1. The third kappa shape index (κ3) is 4.07. The average molecular weight is 236 g/mol. The van der Waals surface area contributed by atoms with Crippen molar-refractivity contribution in [3.63, 3.8) is 0 Å². The first-order valence-corrected chi connectivity index (χ1v) is 5.74. The fourth-order valence-corrected chi connectivity index (χ4v) is 1.61. The van der Waals surface area contributed by atoms with Crippen LogP contribution in [0.3, 0.4) is 0 Å². The number of carbonyl (C=O) groups is 1. The highest BCUT2D eigenvalue weighted by atomic mass is 16.5. The van der Waals surface area contributed by atoms with Crippen LogP contribution in [0.25, 0.3) is 0 Å². The molecule has 4 heteroatoms. The van der Waals surface area contributed by atoms with Crippen molar-refractivity contribution < 1.29 is 9.53 Å². The fourth-order valence-electron chi connectivity index (χ4n) is 1.61. The molecule has 0 spiro atoms. The Balaban J connectivity index is 2.72. The van der Waals surface area contributed by atoms with Crippen molar-refractivity contribution >= 4 is 11.6 Å². The van der Waals surface area contributed by atoms with E-state index >= 15 is 0 Å². The number of methoxy groups -OCH3 is 1. The lowest BCUT2D eigenvalue weighted by molar-refractivity contribution is -0.121. The van der Waals surface area contributed by atoms with E-state index in [1.54, 1.807) is 14.2 Å². The van der Waals surface area contributed by atoms with Crippen LogP contribution in [0.4, 0.5) is 5.69 Å². The average Bonchev–Trinajstić information content (AvgIpc) is 2.36. The normalized spacial score (nSPS) is 11.9. The van der Waals surface area contributed by atoms with Crippen LogP contribution >= 0.6 is 0 Å². The van der Waals surface area contributed by atoms with E-state index in [0.717, 1.165) is 17.7 Å². The quantitative estimate of drug-likeness (QED) is 0.785. The molecule has 1 amide bonds. The third-order valence-electron chi connectivity index (χ3n) is 2.60. The molecule has 0 bridgehead atoms. The number of likely N-dealkylation sites (N-methyl/N-ethyl adjacent to an activating group) is 1. The molecule has 94 valence electrons. The summed E-state index contributed by atoms with van der Waals surface area (Å²) in [4.78, 5) is 11.4.